The molecule has 1 aromatic rings. The molecular weight excluding hydrogens is 549 g/mol. The number of likely N-dealkylation sites (N-methyl/N-ethyl adjacent to an activating group) is 1. The molecule has 1 amide bonds. The summed E-state index contributed by atoms with van der Waals surface area (Å²) in [5, 5.41) is 0.991. The normalized spacial score (nSPS) is 21.2. The van der Waals surface area contributed by atoms with Crippen molar-refractivity contribution < 1.29 is 14.3 Å². The van der Waals surface area contributed by atoms with Crippen LogP contribution in [0.2, 0.25) is 0 Å². The van der Waals surface area contributed by atoms with Crippen molar-refractivity contribution in [1.82, 2.24) is 4.90 Å². The minimum Gasteiger partial charge on any atom is -0.491 e. The van der Waals surface area contributed by atoms with Crippen molar-refractivity contribution in [3.63, 3.8) is 0 Å². The van der Waals surface area contributed by atoms with Crippen LogP contribution in [0.25, 0.3) is 0 Å². The Morgan fingerprint density at radius 1 is 1.11 bits per heavy atom. The zero-order valence-corrected chi connectivity index (χ0v) is 25.0. The van der Waals surface area contributed by atoms with Gasteiger partial charge in [0, 0.05) is 41.5 Å². The number of carbonyl (C=O) groups is 1. The Morgan fingerprint density at radius 2 is 1.89 bits per heavy atom. The monoisotopic (exact) mass is 582 g/mol. The van der Waals surface area contributed by atoms with Gasteiger partial charge in [-0.2, -0.15) is 23.5 Å². The Hall–Kier alpha value is -0.780. The van der Waals surface area contributed by atoms with Crippen LogP contribution in [0.15, 0.2) is 45.2 Å². The first-order valence-corrected chi connectivity index (χ1v) is 16.7. The molecule has 10 heteroatoms. The third-order valence-electron chi connectivity index (χ3n) is 5.99. The van der Waals surface area contributed by atoms with Crippen LogP contribution in [0.4, 0.5) is 5.69 Å². The van der Waals surface area contributed by atoms with E-state index >= 15 is 0 Å². The standard InChI is InChI=1S/C26H34N2O3S5/c1-4-5-6-7-10-28-21-9-8-19(30-11-12-31-20-16-33-14-18(2)15-34-17-20)13-22(21)35-25(28)23-24(29)27(3)26(32)36-23/h8-9,13,20H,2,4-7,10-12,14-17H2,1,3H3/b25-23+. The number of hydrogen-bond donors (Lipinski definition) is 0. The molecule has 3 aliphatic rings. The van der Waals surface area contributed by atoms with Crippen molar-refractivity contribution >= 4 is 75.2 Å². The quantitative estimate of drug-likeness (QED) is 0.131. The summed E-state index contributed by atoms with van der Waals surface area (Å²) in [6.45, 7) is 8.31. The largest absolute Gasteiger partial charge is 0.491 e. The second-order valence-electron chi connectivity index (χ2n) is 8.93. The van der Waals surface area contributed by atoms with Gasteiger partial charge in [-0.3, -0.25) is 9.69 Å². The number of fused-ring (bicyclic) bond motifs is 1. The lowest BCUT2D eigenvalue weighted by molar-refractivity contribution is -0.121. The van der Waals surface area contributed by atoms with E-state index in [4.69, 9.17) is 21.7 Å². The van der Waals surface area contributed by atoms with Crippen molar-refractivity contribution in [3.05, 3.63) is 40.3 Å². The van der Waals surface area contributed by atoms with E-state index in [1.165, 1.54) is 36.6 Å². The Labute approximate surface area is 237 Å². The first-order valence-electron chi connectivity index (χ1n) is 12.4. The van der Waals surface area contributed by atoms with Crippen LogP contribution in [0.5, 0.6) is 5.75 Å². The van der Waals surface area contributed by atoms with Crippen LogP contribution < -0.4 is 9.64 Å². The Morgan fingerprint density at radius 3 is 2.58 bits per heavy atom. The number of ether oxygens (including phenoxy) is 2. The summed E-state index contributed by atoms with van der Waals surface area (Å²) in [6, 6.07) is 6.23. The van der Waals surface area contributed by atoms with E-state index in [1.807, 2.05) is 29.6 Å². The SMILES string of the molecule is C=C1CSCC(OCCOc2ccc3c(c2)S/C(=C2/SC(=S)N(C)C2=O)N3CCCCCC)CSC1. The van der Waals surface area contributed by atoms with Gasteiger partial charge in [0.1, 0.15) is 26.6 Å². The molecule has 196 valence electrons. The summed E-state index contributed by atoms with van der Waals surface area (Å²) in [6.07, 6.45) is 4.95. The van der Waals surface area contributed by atoms with Gasteiger partial charge in [-0.15, -0.1) is 0 Å². The molecular formula is C26H34N2O3S5. The molecule has 0 radical (unpaired) electrons. The molecule has 36 heavy (non-hydrogen) atoms. The van der Waals surface area contributed by atoms with Crippen molar-refractivity contribution in [1.29, 1.82) is 0 Å². The number of unbranched alkanes of at least 4 members (excludes halogenated alkanes) is 3. The van der Waals surface area contributed by atoms with Gasteiger partial charge in [0.25, 0.3) is 5.91 Å². The number of amides is 1. The Kier molecular flexibility index (Phi) is 10.9. The molecule has 3 heterocycles. The molecule has 1 aromatic carbocycles. The van der Waals surface area contributed by atoms with Gasteiger partial charge < -0.3 is 14.4 Å². The van der Waals surface area contributed by atoms with Crippen molar-refractivity contribution in [3.8, 4) is 5.75 Å². The molecule has 0 atom stereocenters. The molecule has 0 bridgehead atoms. The smallest absolute Gasteiger partial charge is 0.268 e. The fourth-order valence-electron chi connectivity index (χ4n) is 4.04. The third kappa shape index (κ3) is 7.20. The van der Waals surface area contributed by atoms with Gasteiger partial charge in [-0.1, -0.05) is 74.1 Å². The van der Waals surface area contributed by atoms with Crippen LogP contribution >= 0.6 is 59.3 Å². The van der Waals surface area contributed by atoms with Crippen molar-refractivity contribution in [2.75, 3.05) is 54.7 Å². The van der Waals surface area contributed by atoms with E-state index in [0.717, 1.165) is 62.2 Å². The highest BCUT2D eigenvalue weighted by atomic mass is 32.2. The van der Waals surface area contributed by atoms with E-state index < -0.39 is 0 Å². The van der Waals surface area contributed by atoms with E-state index in [2.05, 4.69) is 30.5 Å². The maximum absolute atomic E-state index is 12.9. The molecule has 5 nitrogen and oxygen atoms in total. The van der Waals surface area contributed by atoms with Crippen LogP contribution in [0.3, 0.4) is 0 Å². The third-order valence-corrected chi connectivity index (χ3v) is 11.3. The topological polar surface area (TPSA) is 42.0 Å². The summed E-state index contributed by atoms with van der Waals surface area (Å²) >= 11 is 12.3. The molecule has 3 aliphatic heterocycles. The van der Waals surface area contributed by atoms with Crippen LogP contribution in [0.1, 0.15) is 32.6 Å². The number of benzene rings is 1. The zero-order valence-electron chi connectivity index (χ0n) is 21.0. The van der Waals surface area contributed by atoms with E-state index in [9.17, 15) is 4.79 Å². The van der Waals surface area contributed by atoms with Gasteiger partial charge in [0.15, 0.2) is 0 Å². The number of thioether (sulfide) groups is 4. The van der Waals surface area contributed by atoms with E-state index in [-0.39, 0.29) is 12.0 Å². The van der Waals surface area contributed by atoms with E-state index in [0.29, 0.717) is 17.5 Å². The zero-order chi connectivity index (χ0) is 25.5. The number of hydrogen-bond acceptors (Lipinski definition) is 9. The molecule has 0 aromatic heterocycles. The molecule has 0 aliphatic carbocycles. The Balaban J connectivity index is 1.38. The lowest BCUT2D eigenvalue weighted by Crippen LogP contribution is -2.25. The maximum atomic E-state index is 12.9. The minimum atomic E-state index is -0.0117. The molecule has 2 saturated heterocycles. The highest BCUT2D eigenvalue weighted by Gasteiger charge is 2.37. The summed E-state index contributed by atoms with van der Waals surface area (Å²) in [5.74, 6) is 4.87. The highest BCUT2D eigenvalue weighted by Crippen LogP contribution is 2.51. The Bertz CT molecular complexity index is 1000. The van der Waals surface area contributed by atoms with Gasteiger partial charge in [-0.25, -0.2) is 0 Å². The van der Waals surface area contributed by atoms with Crippen molar-refractivity contribution in [2.45, 2.75) is 43.6 Å². The number of anilines is 1. The van der Waals surface area contributed by atoms with Gasteiger partial charge >= 0.3 is 0 Å². The molecule has 4 rings (SSSR count). The number of nitrogens with zero attached hydrogens (tertiary/aromatic N) is 2. The average molecular weight is 583 g/mol. The molecule has 2 fully saturated rings. The summed E-state index contributed by atoms with van der Waals surface area (Å²) < 4.78 is 12.8. The van der Waals surface area contributed by atoms with Crippen LogP contribution in [-0.2, 0) is 9.53 Å². The fourth-order valence-corrected chi connectivity index (χ4v) is 8.84. The lowest BCUT2D eigenvalue weighted by Gasteiger charge is -2.22. The fraction of sp³-hybridized carbons (Fsp3) is 0.538. The number of rotatable bonds is 10. The van der Waals surface area contributed by atoms with E-state index in [1.54, 1.807) is 23.7 Å². The molecule has 0 N–H and O–H groups in total. The predicted octanol–water partition coefficient (Wildman–Crippen LogP) is 6.64. The number of carbonyl (C=O) groups excluding carboxylic acids is 1. The molecule has 0 unspecified atom stereocenters. The molecule has 0 saturated carbocycles. The minimum absolute atomic E-state index is 0.0117. The summed E-state index contributed by atoms with van der Waals surface area (Å²) in [4.78, 5) is 18.6. The predicted molar refractivity (Wildman–Crippen MR) is 163 cm³/mol. The lowest BCUT2D eigenvalue weighted by atomic mass is 10.2. The van der Waals surface area contributed by atoms with Crippen molar-refractivity contribution in [2.24, 2.45) is 0 Å². The second-order valence-corrected chi connectivity index (χ2v) is 13.7. The summed E-state index contributed by atoms with van der Waals surface area (Å²) in [7, 11) is 1.75. The highest BCUT2D eigenvalue weighted by molar-refractivity contribution is 8.27. The first-order chi connectivity index (χ1) is 17.5. The average Bonchev–Trinajstić information content (AvgIpc) is 3.34. The first kappa shape index (κ1) is 28.2. The van der Waals surface area contributed by atoms with Gasteiger partial charge in [0.05, 0.1) is 18.4 Å². The van der Waals surface area contributed by atoms with Gasteiger partial charge in [0.2, 0.25) is 0 Å². The maximum Gasteiger partial charge on any atom is 0.268 e. The summed E-state index contributed by atoms with van der Waals surface area (Å²) in [5.41, 5.74) is 2.45. The molecule has 0 spiro atoms. The van der Waals surface area contributed by atoms with Crippen LogP contribution in [0, 0.1) is 0 Å². The van der Waals surface area contributed by atoms with Crippen LogP contribution in [-0.4, -0.2) is 71.0 Å². The second kappa shape index (κ2) is 13.8. The van der Waals surface area contributed by atoms with Gasteiger partial charge in [-0.05, 0) is 24.6 Å². The number of thiocarbonyl (C=S) groups is 1.